The van der Waals surface area contributed by atoms with Crippen molar-refractivity contribution < 1.29 is 31.0 Å². The molecule has 0 bridgehead atoms. The molecule has 0 aromatic rings. The molecule has 0 heterocycles. The average molecular weight is 193 g/mol. The van der Waals surface area contributed by atoms with E-state index < -0.39 is 0 Å². The number of carbonyl (C=O) groups is 1. The fourth-order valence-corrected chi connectivity index (χ4v) is 0. The summed E-state index contributed by atoms with van der Waals surface area (Å²) in [7, 11) is 0. The van der Waals surface area contributed by atoms with Crippen LogP contribution in [-0.4, -0.2) is 23.1 Å². The monoisotopic (exact) mass is 192 g/mol. The van der Waals surface area contributed by atoms with Crippen LogP contribution < -0.4 is 0 Å². The van der Waals surface area contributed by atoms with E-state index in [0.717, 1.165) is 0 Å². The molecule has 0 saturated heterocycles. The zero-order valence-electron chi connectivity index (χ0n) is 4.12. The second kappa shape index (κ2) is 10.1. The van der Waals surface area contributed by atoms with E-state index in [-0.39, 0.29) is 49.3 Å². The first-order chi connectivity index (χ1) is 2.27. The smallest absolute Gasteiger partial charge is 0.187 e. The number of Topliss-reactive ketones (excluding diaryl/α,β-unsaturated/α-hetero) is 1. The summed E-state index contributed by atoms with van der Waals surface area (Å²) < 4.78 is 0. The van der Waals surface area contributed by atoms with E-state index in [9.17, 15) is 4.79 Å². The first kappa shape index (κ1) is 15.7. The second-order valence-corrected chi connectivity index (χ2v) is 1.06. The molecule has 0 aromatic carbocycles. The summed E-state index contributed by atoms with van der Waals surface area (Å²) in [4.78, 5) is 9.81. The molecule has 0 atom stereocenters. The number of carbonyl (C=O) groups excluding carboxylic acids is 1. The van der Waals surface area contributed by atoms with Crippen molar-refractivity contribution in [3.63, 3.8) is 0 Å². The largest absolute Gasteiger partial charge is 0.300 e. The van der Waals surface area contributed by atoms with Crippen LogP contribution in [0, 0.1) is 0 Å². The molecule has 0 radical (unpaired) electrons. The van der Waals surface area contributed by atoms with E-state index in [0.29, 0.717) is 6.42 Å². The Hall–Kier alpha value is 1.09. The van der Waals surface area contributed by atoms with Gasteiger partial charge in [-0.2, -0.15) is 0 Å². The van der Waals surface area contributed by atoms with E-state index in [2.05, 4.69) is 0 Å². The van der Waals surface area contributed by atoms with Crippen molar-refractivity contribution in [2.75, 3.05) is 0 Å². The first-order valence-corrected chi connectivity index (χ1v) is 1.76. The molecule has 0 saturated carbocycles. The Kier molecular flexibility index (Phi) is 22.8. The molecular weight excluding hydrogens is 182 g/mol. The van der Waals surface area contributed by atoms with Crippen LogP contribution in [0.25, 0.3) is 0 Å². The standard InChI is InChI=1S/C4H8O.Al.Zr.3H/c1-3-4(2)5;;;;;/h3H2,1-2H3;;;;;. The Labute approximate surface area is 74.1 Å². The first-order valence-electron chi connectivity index (χ1n) is 1.76. The van der Waals surface area contributed by atoms with Gasteiger partial charge in [-0.15, -0.1) is 0 Å². The van der Waals surface area contributed by atoms with Gasteiger partial charge in [-0.3, -0.25) is 0 Å². The van der Waals surface area contributed by atoms with Gasteiger partial charge in [0.25, 0.3) is 0 Å². The summed E-state index contributed by atoms with van der Waals surface area (Å²) in [6.07, 6.45) is 0.667. The molecule has 0 aliphatic heterocycles. The van der Waals surface area contributed by atoms with Crippen LogP contribution in [0.15, 0.2) is 0 Å². The second-order valence-electron chi connectivity index (χ2n) is 1.06. The zero-order valence-corrected chi connectivity index (χ0v) is 6.57. The van der Waals surface area contributed by atoms with Gasteiger partial charge in [0.2, 0.25) is 0 Å². The third-order valence-electron chi connectivity index (χ3n) is 0.498. The van der Waals surface area contributed by atoms with Crippen molar-refractivity contribution in [3.05, 3.63) is 0 Å². The molecule has 0 aliphatic carbocycles. The minimum Gasteiger partial charge on any atom is -0.300 e. The number of ketones is 1. The molecule has 0 spiro atoms. The van der Waals surface area contributed by atoms with Crippen LogP contribution in [-0.2, 0) is 31.0 Å². The quantitative estimate of drug-likeness (QED) is 0.527. The summed E-state index contributed by atoms with van der Waals surface area (Å²) in [6, 6.07) is 0. The molecule has 0 unspecified atom stereocenters. The minimum atomic E-state index is 0. The third-order valence-corrected chi connectivity index (χ3v) is 0.498. The summed E-state index contributed by atoms with van der Waals surface area (Å²) >= 11 is 0. The fourth-order valence-electron chi connectivity index (χ4n) is 0. The van der Waals surface area contributed by atoms with Crippen LogP contribution in [0.4, 0.5) is 0 Å². The molecule has 0 amide bonds. The Balaban J connectivity index is -0.0000000800. The van der Waals surface area contributed by atoms with Crippen LogP contribution in [0.3, 0.4) is 0 Å². The van der Waals surface area contributed by atoms with Gasteiger partial charge in [0.15, 0.2) is 17.4 Å². The maximum atomic E-state index is 9.81. The summed E-state index contributed by atoms with van der Waals surface area (Å²) in [5, 5.41) is 0. The van der Waals surface area contributed by atoms with Crippen molar-refractivity contribution in [1.82, 2.24) is 0 Å². The molecule has 0 fully saturated rings. The molecule has 0 aliphatic rings. The normalized spacial score (nSPS) is 5.43. The maximum Gasteiger partial charge on any atom is 0.187 e. The van der Waals surface area contributed by atoms with E-state index in [1.165, 1.54) is 0 Å². The number of hydrogen-bond acceptors (Lipinski definition) is 1. The molecule has 40 valence electrons. The van der Waals surface area contributed by atoms with Crippen LogP contribution >= 0.6 is 0 Å². The molecule has 0 rings (SSSR count). The van der Waals surface area contributed by atoms with Gasteiger partial charge in [-0.25, -0.2) is 0 Å². The predicted molar refractivity (Wildman–Crippen MR) is 30.9 cm³/mol. The molecule has 0 aromatic heterocycles. The Morgan fingerprint density at radius 3 is 1.71 bits per heavy atom. The van der Waals surface area contributed by atoms with E-state index in [1.807, 2.05) is 6.92 Å². The van der Waals surface area contributed by atoms with Crippen molar-refractivity contribution in [1.29, 1.82) is 0 Å². The fraction of sp³-hybridized carbons (Fsp3) is 0.750. The van der Waals surface area contributed by atoms with Gasteiger partial charge in [0, 0.05) is 32.6 Å². The maximum absolute atomic E-state index is 9.81. The summed E-state index contributed by atoms with van der Waals surface area (Å²) in [5.41, 5.74) is 0. The van der Waals surface area contributed by atoms with Crippen LogP contribution in [0.5, 0.6) is 0 Å². The average Bonchev–Trinajstić information content (AvgIpc) is 1.38. The Bertz CT molecular complexity index is 47.0. The molecule has 0 N–H and O–H groups in total. The van der Waals surface area contributed by atoms with Crippen molar-refractivity contribution >= 4 is 23.1 Å². The SMILES string of the molecule is CCC(C)=O.[AlH3].[Zr]. The van der Waals surface area contributed by atoms with Gasteiger partial charge in [0.05, 0.1) is 0 Å². The Morgan fingerprint density at radius 2 is 1.71 bits per heavy atom. The van der Waals surface area contributed by atoms with Gasteiger partial charge in [-0.1, -0.05) is 6.92 Å². The van der Waals surface area contributed by atoms with Gasteiger partial charge in [0.1, 0.15) is 5.78 Å². The number of hydrogen-bond donors (Lipinski definition) is 0. The van der Waals surface area contributed by atoms with E-state index >= 15 is 0 Å². The molecule has 7 heavy (non-hydrogen) atoms. The van der Waals surface area contributed by atoms with Crippen molar-refractivity contribution in [2.45, 2.75) is 20.3 Å². The third kappa shape index (κ3) is 19.2. The predicted octanol–water partition coefficient (Wildman–Crippen LogP) is -0.201. The molecular formula is C4H11AlOZr. The van der Waals surface area contributed by atoms with Crippen LogP contribution in [0.2, 0.25) is 0 Å². The van der Waals surface area contributed by atoms with Gasteiger partial charge >= 0.3 is 0 Å². The van der Waals surface area contributed by atoms with E-state index in [4.69, 9.17) is 0 Å². The Morgan fingerprint density at radius 1 is 1.57 bits per heavy atom. The minimum absolute atomic E-state index is 0. The molecule has 1 nitrogen and oxygen atoms in total. The topological polar surface area (TPSA) is 17.1 Å². The summed E-state index contributed by atoms with van der Waals surface area (Å²) in [6.45, 7) is 3.43. The summed E-state index contributed by atoms with van der Waals surface area (Å²) in [5.74, 6) is 0.255. The number of rotatable bonds is 1. The van der Waals surface area contributed by atoms with Crippen molar-refractivity contribution in [2.24, 2.45) is 0 Å². The zero-order chi connectivity index (χ0) is 4.28. The van der Waals surface area contributed by atoms with Crippen molar-refractivity contribution in [3.8, 4) is 0 Å². The van der Waals surface area contributed by atoms with Gasteiger partial charge in [-0.05, 0) is 6.92 Å². The van der Waals surface area contributed by atoms with Crippen LogP contribution in [0.1, 0.15) is 20.3 Å². The molecule has 3 heteroatoms. The van der Waals surface area contributed by atoms with Gasteiger partial charge < -0.3 is 4.79 Å². The van der Waals surface area contributed by atoms with E-state index in [1.54, 1.807) is 6.92 Å².